The van der Waals surface area contributed by atoms with E-state index >= 15 is 0 Å². The lowest BCUT2D eigenvalue weighted by atomic mass is 10.0. The third kappa shape index (κ3) is 9.64. The van der Waals surface area contributed by atoms with Crippen molar-refractivity contribution in [1.82, 2.24) is 9.21 Å². The molecule has 3 rings (SSSR count). The molecule has 240 valence electrons. The highest BCUT2D eigenvalue weighted by molar-refractivity contribution is 7.92. The summed E-state index contributed by atoms with van der Waals surface area (Å²) in [5.41, 5.74) is 1.32. The molecule has 0 saturated carbocycles. The van der Waals surface area contributed by atoms with Gasteiger partial charge < -0.3 is 19.5 Å². The summed E-state index contributed by atoms with van der Waals surface area (Å²) >= 11 is 0. The van der Waals surface area contributed by atoms with Crippen molar-refractivity contribution in [3.05, 3.63) is 53.6 Å². The number of ether oxygens (including phenoxy) is 2. The largest absolute Gasteiger partial charge is 0.490 e. The molecule has 2 aromatic carbocycles. The first kappa shape index (κ1) is 34.8. The monoisotopic (exact) mass is 639 g/mol. The minimum atomic E-state index is -3.79. The molecule has 2 N–H and O–H groups in total. The van der Waals surface area contributed by atoms with E-state index in [-0.39, 0.29) is 47.9 Å². The predicted octanol–water partition coefficient (Wildman–Crippen LogP) is 3.48. The number of nitrogens with one attached hydrogen (secondary N) is 1. The highest BCUT2D eigenvalue weighted by Gasteiger charge is 2.32. The molecule has 2 aromatic rings. The lowest BCUT2D eigenvalue weighted by Gasteiger charge is -2.35. The summed E-state index contributed by atoms with van der Waals surface area (Å²) in [6, 6.07) is 10.6. The molecule has 0 spiro atoms. The van der Waals surface area contributed by atoms with E-state index in [4.69, 9.17) is 9.47 Å². The van der Waals surface area contributed by atoms with Gasteiger partial charge in [-0.25, -0.2) is 16.8 Å². The van der Waals surface area contributed by atoms with Crippen LogP contribution in [0, 0.1) is 12.8 Å². The number of anilines is 1. The Morgan fingerprint density at radius 2 is 1.77 bits per heavy atom. The van der Waals surface area contributed by atoms with Crippen LogP contribution in [0.5, 0.6) is 5.75 Å². The molecule has 1 amide bonds. The van der Waals surface area contributed by atoms with Gasteiger partial charge in [-0.2, -0.15) is 4.31 Å². The fraction of sp³-hybridized carbons (Fsp3) is 0.567. The zero-order chi connectivity index (χ0) is 31.9. The van der Waals surface area contributed by atoms with Crippen LogP contribution in [0.25, 0.3) is 0 Å². The molecular formula is C30H45N3O8S2. The van der Waals surface area contributed by atoms with Gasteiger partial charge in [-0.1, -0.05) is 24.6 Å². The first-order valence-electron chi connectivity index (χ1n) is 14.5. The lowest BCUT2D eigenvalue weighted by molar-refractivity contribution is -0.00833. The van der Waals surface area contributed by atoms with Gasteiger partial charge in [0.15, 0.2) is 0 Å². The average molecular weight is 640 g/mol. The summed E-state index contributed by atoms with van der Waals surface area (Å²) in [6.45, 7) is 7.66. The van der Waals surface area contributed by atoms with Crippen LogP contribution in [0.3, 0.4) is 0 Å². The van der Waals surface area contributed by atoms with E-state index in [1.54, 1.807) is 43.3 Å². The molecule has 13 heteroatoms. The third-order valence-electron chi connectivity index (χ3n) is 7.52. The number of hydrogen-bond donors (Lipinski definition) is 2. The smallest absolute Gasteiger partial charge is 0.258 e. The number of benzene rings is 2. The quantitative estimate of drug-likeness (QED) is 0.447. The van der Waals surface area contributed by atoms with Crippen LogP contribution in [0.4, 0.5) is 5.69 Å². The standard InChI is InChI=1S/C30H45N3O8S2/c1-21-10-13-26(14-11-21)43(38,39)32(5)19-29-22(2)18-33(23(3)20-34)30(35)27-17-25(31-42(6,36)37)12-15-28(27)41-24(4)9-7-8-16-40-29/h10-15,17,22-24,29,31,34H,7-9,16,18-20H2,1-6H3/t22-,23+,24+,29-/m0/s1. The maximum absolute atomic E-state index is 14.1. The Labute approximate surface area is 256 Å². The Morgan fingerprint density at radius 1 is 1.09 bits per heavy atom. The van der Waals surface area contributed by atoms with Crippen molar-refractivity contribution in [2.24, 2.45) is 5.92 Å². The van der Waals surface area contributed by atoms with Gasteiger partial charge in [0.05, 0.1) is 41.6 Å². The number of aryl methyl sites for hydroxylation is 1. The fourth-order valence-corrected chi connectivity index (χ4v) is 6.64. The lowest BCUT2D eigenvalue weighted by Crippen LogP contribution is -2.48. The van der Waals surface area contributed by atoms with E-state index in [1.807, 2.05) is 20.8 Å². The molecule has 0 bridgehead atoms. The third-order valence-corrected chi connectivity index (χ3v) is 9.97. The number of nitrogens with zero attached hydrogens (tertiary/aromatic N) is 2. The Morgan fingerprint density at radius 3 is 2.40 bits per heavy atom. The zero-order valence-corrected chi connectivity index (χ0v) is 27.4. The number of rotatable bonds is 8. The van der Waals surface area contributed by atoms with E-state index in [9.17, 15) is 26.7 Å². The Hall–Kier alpha value is -2.71. The Bertz CT molecular complexity index is 1450. The van der Waals surface area contributed by atoms with Crippen LogP contribution < -0.4 is 9.46 Å². The first-order valence-corrected chi connectivity index (χ1v) is 17.8. The van der Waals surface area contributed by atoms with E-state index < -0.39 is 38.1 Å². The van der Waals surface area contributed by atoms with Crippen LogP contribution in [0.2, 0.25) is 0 Å². The van der Waals surface area contributed by atoms with Crippen LogP contribution in [0.15, 0.2) is 47.4 Å². The molecule has 0 saturated heterocycles. The summed E-state index contributed by atoms with van der Waals surface area (Å²) < 4.78 is 66.7. The van der Waals surface area contributed by atoms with Crippen molar-refractivity contribution >= 4 is 31.6 Å². The van der Waals surface area contributed by atoms with Crippen LogP contribution in [0.1, 0.15) is 56.0 Å². The van der Waals surface area contributed by atoms with Gasteiger partial charge in [-0.05, 0) is 70.4 Å². The molecule has 0 unspecified atom stereocenters. The number of sulfonamides is 2. The number of carbonyl (C=O) groups is 1. The molecule has 43 heavy (non-hydrogen) atoms. The molecular weight excluding hydrogens is 594 g/mol. The fourth-order valence-electron chi connectivity index (χ4n) is 4.90. The number of fused-ring (bicyclic) bond motifs is 1. The van der Waals surface area contributed by atoms with Crippen LogP contribution in [-0.2, 0) is 24.8 Å². The minimum Gasteiger partial charge on any atom is -0.490 e. The highest BCUT2D eigenvalue weighted by Crippen LogP contribution is 2.29. The van der Waals surface area contributed by atoms with E-state index in [0.717, 1.165) is 24.7 Å². The predicted molar refractivity (Wildman–Crippen MR) is 166 cm³/mol. The van der Waals surface area contributed by atoms with Gasteiger partial charge in [0.1, 0.15) is 5.75 Å². The van der Waals surface area contributed by atoms with E-state index in [1.165, 1.54) is 22.3 Å². The average Bonchev–Trinajstić information content (AvgIpc) is 2.93. The summed E-state index contributed by atoms with van der Waals surface area (Å²) in [4.78, 5) is 15.8. The summed E-state index contributed by atoms with van der Waals surface area (Å²) in [6.07, 6.45) is 2.42. The second-order valence-corrected chi connectivity index (χ2v) is 15.3. The molecule has 1 aliphatic heterocycles. The van der Waals surface area contributed by atoms with Crippen molar-refractivity contribution < 1.29 is 36.2 Å². The van der Waals surface area contributed by atoms with Gasteiger partial charge >= 0.3 is 0 Å². The van der Waals surface area contributed by atoms with Gasteiger partial charge in [-0.3, -0.25) is 9.52 Å². The van der Waals surface area contributed by atoms with Crippen molar-refractivity contribution in [3.63, 3.8) is 0 Å². The highest BCUT2D eigenvalue weighted by atomic mass is 32.2. The normalized spacial score (nSPS) is 21.9. The molecule has 11 nitrogen and oxygen atoms in total. The second kappa shape index (κ2) is 14.8. The first-order chi connectivity index (χ1) is 20.1. The van der Waals surface area contributed by atoms with E-state index in [2.05, 4.69) is 4.72 Å². The second-order valence-electron chi connectivity index (χ2n) is 11.5. The summed E-state index contributed by atoms with van der Waals surface area (Å²) in [5.74, 6) is -0.477. The molecule has 0 radical (unpaired) electrons. The van der Waals surface area contributed by atoms with Crippen molar-refractivity contribution in [1.29, 1.82) is 0 Å². The van der Waals surface area contributed by atoms with Gasteiger partial charge in [0.25, 0.3) is 5.91 Å². The zero-order valence-electron chi connectivity index (χ0n) is 25.8. The molecule has 0 fully saturated rings. The van der Waals surface area contributed by atoms with Gasteiger partial charge in [-0.15, -0.1) is 0 Å². The summed E-state index contributed by atoms with van der Waals surface area (Å²) in [7, 11) is -5.88. The molecule has 0 aliphatic carbocycles. The SMILES string of the molecule is Cc1ccc(S(=O)(=O)N(C)C[C@@H]2OCCCC[C@@H](C)Oc3ccc(NS(C)(=O)=O)cc3C(=O)N([C@H](C)CO)C[C@@H]2C)cc1. The molecule has 0 aromatic heterocycles. The van der Waals surface area contributed by atoms with Crippen molar-refractivity contribution in [2.45, 2.75) is 70.1 Å². The van der Waals surface area contributed by atoms with Gasteiger partial charge in [0, 0.05) is 38.3 Å². The van der Waals surface area contributed by atoms with Gasteiger partial charge in [0.2, 0.25) is 20.0 Å². The topological polar surface area (TPSA) is 143 Å². The number of aliphatic hydroxyl groups is 1. The number of likely N-dealkylation sites (N-methyl/N-ethyl adjacent to an activating group) is 1. The molecule has 1 aliphatic rings. The molecule has 1 heterocycles. The number of aliphatic hydroxyl groups excluding tert-OH is 1. The van der Waals surface area contributed by atoms with Crippen LogP contribution >= 0.6 is 0 Å². The maximum atomic E-state index is 14.1. The minimum absolute atomic E-state index is 0.0610. The Kier molecular flexibility index (Phi) is 12.0. The number of amides is 1. The van der Waals surface area contributed by atoms with E-state index in [0.29, 0.717) is 18.8 Å². The molecule has 4 atom stereocenters. The van der Waals surface area contributed by atoms with Crippen LogP contribution in [-0.4, -0.2) is 94.9 Å². The number of carbonyl (C=O) groups excluding carboxylic acids is 1. The maximum Gasteiger partial charge on any atom is 0.258 e. The number of hydrogen-bond acceptors (Lipinski definition) is 8. The van der Waals surface area contributed by atoms with Crippen molar-refractivity contribution in [2.75, 3.05) is 44.3 Å². The van der Waals surface area contributed by atoms with Crippen molar-refractivity contribution in [3.8, 4) is 5.75 Å². The summed E-state index contributed by atoms with van der Waals surface area (Å²) in [5, 5.41) is 10.1. The Balaban J connectivity index is 1.98.